The van der Waals surface area contributed by atoms with Gasteiger partial charge in [-0.15, -0.1) is 0 Å². The van der Waals surface area contributed by atoms with Crippen molar-refractivity contribution in [3.05, 3.63) is 35.4 Å². The number of fused-ring (bicyclic) bond motifs is 3. The second-order valence-corrected chi connectivity index (χ2v) is 11.9. The summed E-state index contributed by atoms with van der Waals surface area (Å²) in [6.07, 6.45) is 15.0. The number of amides is 1. The van der Waals surface area contributed by atoms with E-state index in [1.165, 1.54) is 49.7 Å². The van der Waals surface area contributed by atoms with Crippen LogP contribution in [0.25, 0.3) is 0 Å². The van der Waals surface area contributed by atoms with E-state index >= 15 is 0 Å². The van der Waals surface area contributed by atoms with Crippen molar-refractivity contribution < 1.29 is 9.90 Å². The molecule has 4 fully saturated rings. The highest BCUT2D eigenvalue weighted by Gasteiger charge is 2.56. The zero-order chi connectivity index (χ0) is 21.8. The second kappa shape index (κ2) is 8.13. The summed E-state index contributed by atoms with van der Waals surface area (Å²) in [6, 6.07) is 9.12. The Bertz CT molecular complexity index is 865. The summed E-state index contributed by atoms with van der Waals surface area (Å²) in [4.78, 5) is 16.0. The zero-order valence-electron chi connectivity index (χ0n) is 19.5. The number of nitrogens with zero attached hydrogens (tertiary/aromatic N) is 1. The molecule has 5 atom stereocenters. The molecular formula is C28H40N2O2. The number of aliphatic hydroxyl groups is 1. The Kier molecular flexibility index (Phi) is 5.37. The number of carbonyl (C=O) groups is 1. The minimum Gasteiger partial charge on any atom is -0.390 e. The minimum atomic E-state index is -0.419. The van der Waals surface area contributed by atoms with Gasteiger partial charge in [0, 0.05) is 12.1 Å². The maximum Gasteiger partial charge on any atom is 0.237 e. The van der Waals surface area contributed by atoms with Crippen LogP contribution in [0.1, 0.15) is 94.2 Å². The molecule has 1 amide bonds. The predicted octanol–water partition coefficient (Wildman–Crippen LogP) is 4.76. The highest BCUT2D eigenvalue weighted by Crippen LogP contribution is 2.57. The molecule has 4 saturated carbocycles. The molecule has 4 aliphatic carbocycles. The lowest BCUT2D eigenvalue weighted by atomic mass is 9.73. The zero-order valence-corrected chi connectivity index (χ0v) is 19.5. The van der Waals surface area contributed by atoms with E-state index in [2.05, 4.69) is 34.5 Å². The molecular weight excluding hydrogens is 396 g/mol. The molecule has 3 bridgehead atoms. The van der Waals surface area contributed by atoms with Crippen molar-refractivity contribution in [1.29, 1.82) is 0 Å². The molecule has 1 heterocycles. The molecule has 6 rings (SSSR count). The quantitative estimate of drug-likeness (QED) is 0.716. The van der Waals surface area contributed by atoms with Crippen molar-refractivity contribution in [2.75, 3.05) is 13.1 Å². The summed E-state index contributed by atoms with van der Waals surface area (Å²) in [6.45, 7) is 1.32. The van der Waals surface area contributed by atoms with Gasteiger partial charge in [0.15, 0.2) is 0 Å². The summed E-state index contributed by atoms with van der Waals surface area (Å²) >= 11 is 0. The van der Waals surface area contributed by atoms with Gasteiger partial charge in [-0.05, 0) is 93.1 Å². The molecule has 3 unspecified atom stereocenters. The van der Waals surface area contributed by atoms with Crippen molar-refractivity contribution in [2.45, 2.75) is 101 Å². The van der Waals surface area contributed by atoms with Crippen LogP contribution < -0.4 is 5.32 Å². The van der Waals surface area contributed by atoms with Crippen molar-refractivity contribution >= 4 is 5.91 Å². The first-order chi connectivity index (χ1) is 15.6. The topological polar surface area (TPSA) is 52.6 Å². The van der Waals surface area contributed by atoms with Crippen LogP contribution in [0.15, 0.2) is 24.3 Å². The lowest BCUT2D eigenvalue weighted by Crippen LogP contribution is -2.54. The third-order valence-electron chi connectivity index (χ3n) is 9.96. The molecule has 1 aliphatic heterocycles. The third-order valence-corrected chi connectivity index (χ3v) is 9.96. The highest BCUT2D eigenvalue weighted by molar-refractivity contribution is 5.79. The van der Waals surface area contributed by atoms with Gasteiger partial charge < -0.3 is 15.3 Å². The van der Waals surface area contributed by atoms with Crippen LogP contribution in [0.3, 0.4) is 0 Å². The van der Waals surface area contributed by atoms with Gasteiger partial charge in [0.25, 0.3) is 0 Å². The molecule has 0 radical (unpaired) electrons. The van der Waals surface area contributed by atoms with E-state index in [1.807, 2.05) is 0 Å². The number of benzene rings is 1. The number of hydrogen-bond donors (Lipinski definition) is 2. The van der Waals surface area contributed by atoms with Crippen LogP contribution in [0.4, 0.5) is 0 Å². The Labute approximate surface area is 193 Å². The lowest BCUT2D eigenvalue weighted by Gasteiger charge is -2.45. The van der Waals surface area contributed by atoms with Gasteiger partial charge in [0.1, 0.15) is 0 Å². The molecule has 1 aromatic carbocycles. The fourth-order valence-electron chi connectivity index (χ4n) is 8.59. The second-order valence-electron chi connectivity index (χ2n) is 11.9. The van der Waals surface area contributed by atoms with Gasteiger partial charge in [-0.2, -0.15) is 0 Å². The van der Waals surface area contributed by atoms with Gasteiger partial charge in [-0.25, -0.2) is 0 Å². The van der Waals surface area contributed by atoms with E-state index in [0.717, 1.165) is 51.5 Å². The van der Waals surface area contributed by atoms with E-state index in [4.69, 9.17) is 0 Å². The predicted molar refractivity (Wildman–Crippen MR) is 126 cm³/mol. The van der Waals surface area contributed by atoms with E-state index in [-0.39, 0.29) is 11.6 Å². The molecule has 0 saturated heterocycles. The SMILES string of the molecule is O=C(CN[C@]12CCC[C@@]3(O)CC(CC3C1)C2)N1CCc2ccccc2C1C1CCCCC1. The average Bonchev–Trinajstić information content (AvgIpc) is 2.99. The molecule has 32 heavy (non-hydrogen) atoms. The first-order valence-corrected chi connectivity index (χ1v) is 13.4. The standard InChI is InChI=1S/C28H40N2O2/c31-25(19-29-27-12-6-13-28(32)17-20(16-27)15-23(28)18-27)30-14-11-21-7-4-5-10-24(21)26(30)22-8-2-1-3-9-22/h4-5,7,10,20,22-23,26,29,32H,1-3,6,8-9,11-19H2/t20?,23?,26?,27-,28+/m0/s1. The molecule has 0 aromatic heterocycles. The molecule has 2 N–H and O–H groups in total. The highest BCUT2D eigenvalue weighted by atomic mass is 16.3. The Morgan fingerprint density at radius 2 is 1.91 bits per heavy atom. The van der Waals surface area contributed by atoms with Crippen molar-refractivity contribution in [1.82, 2.24) is 10.2 Å². The number of rotatable bonds is 4. The Hall–Kier alpha value is -1.39. The summed E-state index contributed by atoms with van der Waals surface area (Å²) < 4.78 is 0. The summed E-state index contributed by atoms with van der Waals surface area (Å²) in [5.41, 5.74) is 2.51. The van der Waals surface area contributed by atoms with Gasteiger partial charge in [-0.3, -0.25) is 4.79 Å². The Balaban J connectivity index is 1.20. The first-order valence-electron chi connectivity index (χ1n) is 13.4. The van der Waals surface area contributed by atoms with Crippen LogP contribution in [0.5, 0.6) is 0 Å². The number of nitrogens with one attached hydrogen (secondary N) is 1. The molecule has 174 valence electrons. The van der Waals surface area contributed by atoms with Gasteiger partial charge in [0.05, 0.1) is 18.2 Å². The van der Waals surface area contributed by atoms with Crippen LogP contribution in [0, 0.1) is 17.8 Å². The number of carbonyl (C=O) groups excluding carboxylic acids is 1. The lowest BCUT2D eigenvalue weighted by molar-refractivity contribution is -0.135. The Morgan fingerprint density at radius 1 is 1.06 bits per heavy atom. The Morgan fingerprint density at radius 3 is 2.78 bits per heavy atom. The molecule has 0 spiro atoms. The van der Waals surface area contributed by atoms with E-state index in [9.17, 15) is 9.90 Å². The van der Waals surface area contributed by atoms with Crippen molar-refractivity contribution in [3.8, 4) is 0 Å². The van der Waals surface area contributed by atoms with E-state index in [1.54, 1.807) is 0 Å². The van der Waals surface area contributed by atoms with Crippen LogP contribution >= 0.6 is 0 Å². The smallest absolute Gasteiger partial charge is 0.237 e. The average molecular weight is 437 g/mol. The van der Waals surface area contributed by atoms with Crippen molar-refractivity contribution in [2.24, 2.45) is 17.8 Å². The van der Waals surface area contributed by atoms with Gasteiger partial charge >= 0.3 is 0 Å². The van der Waals surface area contributed by atoms with Crippen LogP contribution in [-0.4, -0.2) is 40.1 Å². The first kappa shape index (κ1) is 21.2. The van der Waals surface area contributed by atoms with Crippen LogP contribution in [-0.2, 0) is 11.2 Å². The fourth-order valence-corrected chi connectivity index (χ4v) is 8.59. The molecule has 5 aliphatic rings. The number of hydrogen-bond acceptors (Lipinski definition) is 3. The normalized spacial score (nSPS) is 39.0. The largest absolute Gasteiger partial charge is 0.390 e. The van der Waals surface area contributed by atoms with Gasteiger partial charge in [0.2, 0.25) is 5.91 Å². The fraction of sp³-hybridized carbons (Fsp3) is 0.750. The molecule has 1 aromatic rings. The summed E-state index contributed by atoms with van der Waals surface area (Å²) in [7, 11) is 0. The molecule has 4 heteroatoms. The van der Waals surface area contributed by atoms with Crippen molar-refractivity contribution in [3.63, 3.8) is 0 Å². The summed E-state index contributed by atoms with van der Waals surface area (Å²) in [5.74, 6) is 1.97. The third kappa shape index (κ3) is 3.62. The maximum atomic E-state index is 13.7. The van der Waals surface area contributed by atoms with Gasteiger partial charge in [-0.1, -0.05) is 43.5 Å². The maximum absolute atomic E-state index is 13.7. The monoisotopic (exact) mass is 436 g/mol. The molecule has 4 nitrogen and oxygen atoms in total. The van der Waals surface area contributed by atoms with E-state index < -0.39 is 5.60 Å². The minimum absolute atomic E-state index is 0.0677. The van der Waals surface area contributed by atoms with Crippen LogP contribution in [0.2, 0.25) is 0 Å². The summed E-state index contributed by atoms with van der Waals surface area (Å²) in [5, 5.41) is 15.0. The van der Waals surface area contributed by atoms with E-state index in [0.29, 0.717) is 30.2 Å².